The standard InChI is InChI=1S/C19H22N4O2/c24-19(20-11-16-6-3-9-25-16)17-10-18(22-13-21-17)23-8-7-14-4-1-2-5-15(14)12-23/h1-2,4-5,10,13,16H,3,6-9,11-12H2,(H,20,24). The lowest BCUT2D eigenvalue weighted by atomic mass is 10.00. The average molecular weight is 338 g/mol. The third kappa shape index (κ3) is 3.64. The van der Waals surface area contributed by atoms with Crippen LogP contribution >= 0.6 is 0 Å². The first-order valence-electron chi connectivity index (χ1n) is 8.83. The third-order valence-corrected chi connectivity index (χ3v) is 4.85. The molecule has 1 atom stereocenters. The van der Waals surface area contributed by atoms with Crippen LogP contribution in [0.25, 0.3) is 0 Å². The Hall–Kier alpha value is -2.47. The van der Waals surface area contributed by atoms with E-state index in [4.69, 9.17) is 4.74 Å². The Bertz CT molecular complexity index is 759. The minimum Gasteiger partial charge on any atom is -0.376 e. The van der Waals surface area contributed by atoms with E-state index in [1.165, 1.54) is 17.5 Å². The van der Waals surface area contributed by atoms with Gasteiger partial charge in [-0.15, -0.1) is 0 Å². The van der Waals surface area contributed by atoms with E-state index in [9.17, 15) is 4.79 Å². The first kappa shape index (κ1) is 16.0. The van der Waals surface area contributed by atoms with Crippen LogP contribution in [0.2, 0.25) is 0 Å². The predicted molar refractivity (Wildman–Crippen MR) is 94.5 cm³/mol. The minimum absolute atomic E-state index is 0.129. The Labute approximate surface area is 147 Å². The molecule has 6 nitrogen and oxygen atoms in total. The van der Waals surface area contributed by atoms with Gasteiger partial charge in [-0.3, -0.25) is 4.79 Å². The average Bonchev–Trinajstić information content (AvgIpc) is 3.19. The molecule has 3 heterocycles. The molecule has 1 fully saturated rings. The van der Waals surface area contributed by atoms with Crippen molar-refractivity contribution in [1.82, 2.24) is 15.3 Å². The number of hydrogen-bond acceptors (Lipinski definition) is 5. The zero-order chi connectivity index (χ0) is 17.1. The molecule has 0 aliphatic carbocycles. The summed E-state index contributed by atoms with van der Waals surface area (Å²) >= 11 is 0. The van der Waals surface area contributed by atoms with Crippen LogP contribution in [0.3, 0.4) is 0 Å². The second-order valence-electron chi connectivity index (χ2n) is 6.55. The molecule has 2 aliphatic rings. The fourth-order valence-corrected chi connectivity index (χ4v) is 3.44. The molecule has 130 valence electrons. The van der Waals surface area contributed by atoms with Crippen molar-refractivity contribution in [2.24, 2.45) is 0 Å². The molecule has 0 radical (unpaired) electrons. The van der Waals surface area contributed by atoms with Gasteiger partial charge in [-0.1, -0.05) is 24.3 Å². The second kappa shape index (κ2) is 7.19. The van der Waals surface area contributed by atoms with Gasteiger partial charge in [0.25, 0.3) is 5.91 Å². The molecule has 4 rings (SSSR count). The van der Waals surface area contributed by atoms with Crippen LogP contribution in [0.5, 0.6) is 0 Å². The largest absolute Gasteiger partial charge is 0.376 e. The van der Waals surface area contributed by atoms with E-state index < -0.39 is 0 Å². The summed E-state index contributed by atoms with van der Waals surface area (Å²) in [6.07, 6.45) is 4.65. The van der Waals surface area contributed by atoms with Crippen molar-refractivity contribution in [1.29, 1.82) is 0 Å². The van der Waals surface area contributed by atoms with E-state index in [1.807, 2.05) is 0 Å². The summed E-state index contributed by atoms with van der Waals surface area (Å²) in [5.41, 5.74) is 3.11. The number of hydrogen-bond donors (Lipinski definition) is 1. The molecule has 1 aromatic carbocycles. The third-order valence-electron chi connectivity index (χ3n) is 4.85. The number of aromatic nitrogens is 2. The number of amides is 1. The van der Waals surface area contributed by atoms with Crippen molar-refractivity contribution in [2.45, 2.75) is 31.9 Å². The number of nitrogens with one attached hydrogen (secondary N) is 1. The zero-order valence-electron chi connectivity index (χ0n) is 14.1. The number of anilines is 1. The first-order chi connectivity index (χ1) is 12.3. The molecule has 1 N–H and O–H groups in total. The van der Waals surface area contributed by atoms with Gasteiger partial charge in [0, 0.05) is 32.3 Å². The number of carbonyl (C=O) groups excluding carboxylic acids is 1. The van der Waals surface area contributed by atoms with Crippen molar-refractivity contribution < 1.29 is 9.53 Å². The highest BCUT2D eigenvalue weighted by Crippen LogP contribution is 2.23. The maximum atomic E-state index is 12.4. The predicted octanol–water partition coefficient (Wildman–Crippen LogP) is 1.95. The molecule has 0 saturated carbocycles. The van der Waals surface area contributed by atoms with Crippen LogP contribution in [0.1, 0.15) is 34.5 Å². The normalized spacial score (nSPS) is 19.5. The van der Waals surface area contributed by atoms with Gasteiger partial charge >= 0.3 is 0 Å². The van der Waals surface area contributed by atoms with Crippen molar-refractivity contribution in [3.05, 3.63) is 53.5 Å². The zero-order valence-corrected chi connectivity index (χ0v) is 14.1. The quantitative estimate of drug-likeness (QED) is 0.923. The Kier molecular flexibility index (Phi) is 4.61. The molecule has 2 aliphatic heterocycles. The lowest BCUT2D eigenvalue weighted by molar-refractivity contribution is 0.0853. The Morgan fingerprint density at radius 1 is 1.28 bits per heavy atom. The molecule has 1 saturated heterocycles. The topological polar surface area (TPSA) is 67.3 Å². The molecule has 6 heteroatoms. The number of nitrogens with zero attached hydrogens (tertiary/aromatic N) is 3. The number of benzene rings is 1. The number of carbonyl (C=O) groups is 1. The number of rotatable bonds is 4. The molecule has 1 unspecified atom stereocenters. The van der Waals surface area contributed by atoms with Crippen molar-refractivity contribution in [3.8, 4) is 0 Å². The number of fused-ring (bicyclic) bond motifs is 1. The summed E-state index contributed by atoms with van der Waals surface area (Å²) in [4.78, 5) is 23.1. The Morgan fingerprint density at radius 3 is 3.00 bits per heavy atom. The van der Waals surface area contributed by atoms with Gasteiger partial charge < -0.3 is 15.0 Å². The summed E-state index contributed by atoms with van der Waals surface area (Å²) in [6.45, 7) is 3.03. The van der Waals surface area contributed by atoms with E-state index in [0.717, 1.165) is 44.8 Å². The highest BCUT2D eigenvalue weighted by molar-refractivity contribution is 5.92. The van der Waals surface area contributed by atoms with Crippen LogP contribution in [0.4, 0.5) is 5.82 Å². The van der Waals surface area contributed by atoms with Gasteiger partial charge in [-0.25, -0.2) is 9.97 Å². The van der Waals surface area contributed by atoms with Crippen molar-refractivity contribution in [2.75, 3.05) is 24.6 Å². The highest BCUT2D eigenvalue weighted by Gasteiger charge is 2.20. The second-order valence-corrected chi connectivity index (χ2v) is 6.55. The molecule has 0 spiro atoms. The summed E-state index contributed by atoms with van der Waals surface area (Å²) in [6, 6.07) is 10.2. The smallest absolute Gasteiger partial charge is 0.270 e. The van der Waals surface area contributed by atoms with Gasteiger partial charge in [0.1, 0.15) is 17.8 Å². The van der Waals surface area contributed by atoms with E-state index in [-0.39, 0.29) is 12.0 Å². The monoisotopic (exact) mass is 338 g/mol. The maximum absolute atomic E-state index is 12.4. The summed E-state index contributed by atoms with van der Waals surface area (Å²) < 4.78 is 5.54. The van der Waals surface area contributed by atoms with Crippen molar-refractivity contribution in [3.63, 3.8) is 0 Å². The molecule has 1 aromatic heterocycles. The molecular formula is C19H22N4O2. The Balaban J connectivity index is 1.43. The minimum atomic E-state index is -0.170. The molecule has 0 bridgehead atoms. The summed E-state index contributed by atoms with van der Waals surface area (Å²) in [5, 5.41) is 2.91. The number of ether oxygens (including phenoxy) is 1. The summed E-state index contributed by atoms with van der Waals surface area (Å²) in [5.74, 6) is 0.628. The maximum Gasteiger partial charge on any atom is 0.270 e. The molecule has 2 aromatic rings. The van der Waals surface area contributed by atoms with Crippen LogP contribution in [-0.2, 0) is 17.7 Å². The summed E-state index contributed by atoms with van der Waals surface area (Å²) in [7, 11) is 0. The van der Waals surface area contributed by atoms with Gasteiger partial charge in [-0.2, -0.15) is 0 Å². The van der Waals surface area contributed by atoms with E-state index in [1.54, 1.807) is 6.07 Å². The lowest BCUT2D eigenvalue weighted by Crippen LogP contribution is -2.33. The van der Waals surface area contributed by atoms with Crippen molar-refractivity contribution >= 4 is 11.7 Å². The van der Waals surface area contributed by atoms with Crippen LogP contribution in [-0.4, -0.2) is 41.7 Å². The lowest BCUT2D eigenvalue weighted by Gasteiger charge is -2.29. The van der Waals surface area contributed by atoms with Gasteiger partial charge in [0.15, 0.2) is 0 Å². The molecule has 25 heavy (non-hydrogen) atoms. The van der Waals surface area contributed by atoms with Gasteiger partial charge in [-0.05, 0) is 30.4 Å². The Morgan fingerprint density at radius 2 is 2.16 bits per heavy atom. The molecule has 1 amide bonds. The first-order valence-corrected chi connectivity index (χ1v) is 8.83. The van der Waals surface area contributed by atoms with Gasteiger partial charge in [0.2, 0.25) is 0 Å². The van der Waals surface area contributed by atoms with Crippen LogP contribution < -0.4 is 10.2 Å². The fraction of sp³-hybridized carbons (Fsp3) is 0.421. The van der Waals surface area contributed by atoms with E-state index in [2.05, 4.69) is 44.5 Å². The fourth-order valence-electron chi connectivity index (χ4n) is 3.44. The van der Waals surface area contributed by atoms with Crippen LogP contribution in [0.15, 0.2) is 36.7 Å². The van der Waals surface area contributed by atoms with E-state index >= 15 is 0 Å². The molecular weight excluding hydrogens is 316 g/mol. The SMILES string of the molecule is O=C(NCC1CCCO1)c1cc(N2CCc3ccccc3C2)ncn1. The van der Waals surface area contributed by atoms with Crippen LogP contribution in [0, 0.1) is 0 Å². The van der Waals surface area contributed by atoms with Gasteiger partial charge in [0.05, 0.1) is 6.10 Å². The highest BCUT2D eigenvalue weighted by atomic mass is 16.5. The van der Waals surface area contributed by atoms with E-state index in [0.29, 0.717) is 12.2 Å².